The highest BCUT2D eigenvalue weighted by Crippen LogP contribution is 2.30. The maximum absolute atomic E-state index is 10.4. The van der Waals surface area contributed by atoms with E-state index in [1.54, 1.807) is 0 Å². The summed E-state index contributed by atoms with van der Waals surface area (Å²) in [4.78, 5) is 20.1. The van der Waals surface area contributed by atoms with E-state index in [0.717, 1.165) is 12.1 Å². The van der Waals surface area contributed by atoms with Crippen molar-refractivity contribution in [1.29, 1.82) is 0 Å². The monoisotopic (exact) mass is 245 g/mol. The number of carbonyl (C=O) groups excluding carboxylic acids is 1. The Balaban J connectivity index is 3.41. The first kappa shape index (κ1) is 9.66. The van der Waals surface area contributed by atoms with E-state index in [2.05, 4.69) is 15.9 Å². The van der Waals surface area contributed by atoms with E-state index in [9.17, 15) is 14.9 Å². The maximum atomic E-state index is 10.4. The number of aldehydes is 1. The van der Waals surface area contributed by atoms with Gasteiger partial charge in [-0.05, 0) is 22.0 Å². The van der Waals surface area contributed by atoms with Gasteiger partial charge in [0, 0.05) is 6.07 Å². The van der Waals surface area contributed by atoms with E-state index in [4.69, 9.17) is 5.11 Å². The van der Waals surface area contributed by atoms with Gasteiger partial charge in [0.2, 0.25) is 0 Å². The number of phenols is 1. The summed E-state index contributed by atoms with van der Waals surface area (Å²) in [6, 6.07) is 2.12. The van der Waals surface area contributed by atoms with Crippen LogP contribution in [0.25, 0.3) is 0 Å². The summed E-state index contributed by atoms with van der Waals surface area (Å²) in [6.07, 6.45) is 0.324. The third-order valence-corrected chi connectivity index (χ3v) is 2.05. The number of benzene rings is 1. The van der Waals surface area contributed by atoms with Crippen molar-refractivity contribution in [3.63, 3.8) is 0 Å². The number of aromatic hydroxyl groups is 1. The Hall–Kier alpha value is -1.43. The molecule has 13 heavy (non-hydrogen) atoms. The molecule has 1 rings (SSSR count). The van der Waals surface area contributed by atoms with E-state index in [0.29, 0.717) is 6.29 Å². The Morgan fingerprint density at radius 2 is 2.15 bits per heavy atom. The largest absolute Gasteiger partial charge is 0.507 e. The quantitative estimate of drug-likeness (QED) is 0.490. The van der Waals surface area contributed by atoms with E-state index in [1.165, 1.54) is 0 Å². The highest BCUT2D eigenvalue weighted by Gasteiger charge is 2.15. The van der Waals surface area contributed by atoms with Crippen LogP contribution in [0.1, 0.15) is 10.4 Å². The average Bonchev–Trinajstić information content (AvgIpc) is 2.08. The van der Waals surface area contributed by atoms with E-state index in [1.807, 2.05) is 0 Å². The molecular weight excluding hydrogens is 242 g/mol. The van der Waals surface area contributed by atoms with Gasteiger partial charge in [-0.3, -0.25) is 14.9 Å². The topological polar surface area (TPSA) is 80.4 Å². The molecule has 0 saturated carbocycles. The summed E-state index contributed by atoms with van der Waals surface area (Å²) in [5.41, 5.74) is -0.481. The van der Waals surface area contributed by atoms with Crippen molar-refractivity contribution in [1.82, 2.24) is 0 Å². The molecule has 0 bridgehead atoms. The zero-order valence-corrected chi connectivity index (χ0v) is 7.82. The first-order valence-electron chi connectivity index (χ1n) is 3.18. The second-order valence-electron chi connectivity index (χ2n) is 2.24. The van der Waals surface area contributed by atoms with Crippen LogP contribution in [0.2, 0.25) is 0 Å². The van der Waals surface area contributed by atoms with Gasteiger partial charge in [0.15, 0.2) is 6.29 Å². The molecular formula is C7H4BrNO4. The fourth-order valence-corrected chi connectivity index (χ4v) is 1.15. The molecule has 1 aromatic carbocycles. The minimum absolute atomic E-state index is 0.147. The molecule has 68 valence electrons. The molecule has 0 saturated heterocycles. The van der Waals surface area contributed by atoms with Crippen LogP contribution in [0, 0.1) is 10.1 Å². The molecule has 1 aromatic rings. The number of carbonyl (C=O) groups is 1. The first-order valence-corrected chi connectivity index (χ1v) is 3.97. The zero-order valence-electron chi connectivity index (χ0n) is 6.23. The Bertz CT molecular complexity index is 377. The molecule has 0 atom stereocenters. The van der Waals surface area contributed by atoms with Gasteiger partial charge < -0.3 is 5.11 Å². The third-order valence-electron chi connectivity index (χ3n) is 1.42. The number of nitro groups is 1. The van der Waals surface area contributed by atoms with Crippen molar-refractivity contribution in [2.75, 3.05) is 0 Å². The lowest BCUT2D eigenvalue weighted by atomic mass is 10.2. The van der Waals surface area contributed by atoms with Gasteiger partial charge in [-0.1, -0.05) is 0 Å². The summed E-state index contributed by atoms with van der Waals surface area (Å²) in [7, 11) is 0. The van der Waals surface area contributed by atoms with Crippen molar-refractivity contribution in [3.05, 3.63) is 32.3 Å². The average molecular weight is 246 g/mol. The minimum atomic E-state index is -0.687. The van der Waals surface area contributed by atoms with E-state index < -0.39 is 4.92 Å². The van der Waals surface area contributed by atoms with Crippen molar-refractivity contribution in [3.8, 4) is 5.75 Å². The van der Waals surface area contributed by atoms with Crippen LogP contribution in [0.15, 0.2) is 16.6 Å². The van der Waals surface area contributed by atoms with Crippen LogP contribution in [0.5, 0.6) is 5.75 Å². The van der Waals surface area contributed by atoms with Crippen LogP contribution in [-0.2, 0) is 0 Å². The smallest absolute Gasteiger partial charge is 0.281 e. The van der Waals surface area contributed by atoms with Crippen molar-refractivity contribution >= 4 is 27.9 Å². The SMILES string of the molecule is O=Cc1cc(O)c(Br)cc1[N+](=O)[O-]. The van der Waals surface area contributed by atoms with Crippen LogP contribution in [0.3, 0.4) is 0 Å². The second-order valence-corrected chi connectivity index (χ2v) is 3.09. The van der Waals surface area contributed by atoms with E-state index in [-0.39, 0.29) is 21.5 Å². The summed E-state index contributed by atoms with van der Waals surface area (Å²) in [5.74, 6) is -0.201. The molecule has 0 heterocycles. The Morgan fingerprint density at radius 1 is 1.54 bits per heavy atom. The predicted octanol–water partition coefficient (Wildman–Crippen LogP) is 1.88. The normalized spacial score (nSPS) is 9.62. The van der Waals surface area contributed by atoms with Gasteiger partial charge in [0.05, 0.1) is 15.0 Å². The standard InChI is InChI=1S/C7H4BrNO4/c8-5-2-6(9(12)13)4(3-10)1-7(5)11/h1-3,11H. The number of phenolic OH excluding ortho intramolecular Hbond substituents is 1. The minimum Gasteiger partial charge on any atom is -0.507 e. The number of halogens is 1. The maximum Gasteiger partial charge on any atom is 0.281 e. The van der Waals surface area contributed by atoms with Crippen LogP contribution < -0.4 is 0 Å². The lowest BCUT2D eigenvalue weighted by molar-refractivity contribution is -0.385. The first-order chi connectivity index (χ1) is 6.06. The zero-order chi connectivity index (χ0) is 10.0. The molecule has 0 aliphatic carbocycles. The summed E-state index contributed by atoms with van der Waals surface area (Å²) < 4.78 is 0.185. The fourth-order valence-electron chi connectivity index (χ4n) is 0.820. The third kappa shape index (κ3) is 1.83. The molecule has 6 heteroatoms. The number of rotatable bonds is 2. The molecule has 0 aromatic heterocycles. The molecule has 0 unspecified atom stereocenters. The second kappa shape index (κ2) is 3.53. The summed E-state index contributed by atoms with van der Waals surface area (Å²) >= 11 is 2.91. The van der Waals surface area contributed by atoms with Gasteiger partial charge in [-0.2, -0.15) is 0 Å². The fraction of sp³-hybridized carbons (Fsp3) is 0. The van der Waals surface area contributed by atoms with Crippen molar-refractivity contribution in [2.24, 2.45) is 0 Å². The molecule has 0 fully saturated rings. The number of hydrogen-bond donors (Lipinski definition) is 1. The lowest BCUT2D eigenvalue weighted by Crippen LogP contribution is -1.94. The molecule has 5 nitrogen and oxygen atoms in total. The van der Waals surface area contributed by atoms with Gasteiger partial charge in [-0.25, -0.2) is 0 Å². The Morgan fingerprint density at radius 3 is 2.62 bits per heavy atom. The summed E-state index contributed by atoms with van der Waals surface area (Å²) in [5, 5.41) is 19.5. The number of hydrogen-bond acceptors (Lipinski definition) is 4. The van der Waals surface area contributed by atoms with Gasteiger partial charge >= 0.3 is 0 Å². The molecule has 0 aliphatic rings. The van der Waals surface area contributed by atoms with Gasteiger partial charge in [-0.15, -0.1) is 0 Å². The van der Waals surface area contributed by atoms with Gasteiger partial charge in [0.25, 0.3) is 5.69 Å². The highest BCUT2D eigenvalue weighted by atomic mass is 79.9. The van der Waals surface area contributed by atoms with Crippen LogP contribution >= 0.6 is 15.9 Å². The molecule has 0 amide bonds. The summed E-state index contributed by atoms with van der Waals surface area (Å²) in [6.45, 7) is 0. The predicted molar refractivity (Wildman–Crippen MR) is 47.8 cm³/mol. The number of nitrogens with zero attached hydrogens (tertiary/aromatic N) is 1. The number of nitro benzene ring substituents is 1. The van der Waals surface area contributed by atoms with Crippen molar-refractivity contribution < 1.29 is 14.8 Å². The molecule has 0 spiro atoms. The van der Waals surface area contributed by atoms with Crippen molar-refractivity contribution in [2.45, 2.75) is 0 Å². The Labute approximate surface area is 81.3 Å². The van der Waals surface area contributed by atoms with Crippen LogP contribution in [-0.4, -0.2) is 16.3 Å². The lowest BCUT2D eigenvalue weighted by Gasteiger charge is -1.98. The van der Waals surface area contributed by atoms with E-state index >= 15 is 0 Å². The Kier molecular flexibility index (Phi) is 2.62. The molecule has 0 radical (unpaired) electrons. The van der Waals surface area contributed by atoms with Gasteiger partial charge in [0.1, 0.15) is 5.75 Å². The highest BCUT2D eigenvalue weighted by molar-refractivity contribution is 9.10. The van der Waals surface area contributed by atoms with Crippen LogP contribution in [0.4, 0.5) is 5.69 Å². The molecule has 0 aliphatic heterocycles. The molecule has 1 N–H and O–H groups in total.